The lowest BCUT2D eigenvalue weighted by atomic mass is 10.2. The number of hydrogen-bond donors (Lipinski definition) is 1. The Labute approximate surface area is 202 Å². The highest BCUT2D eigenvalue weighted by Gasteiger charge is 2.11. The molecule has 4 rings (SSSR count). The van der Waals surface area contributed by atoms with Gasteiger partial charge >= 0.3 is 0 Å². The average Bonchev–Trinajstić information content (AvgIpc) is 3.18. The largest absolute Gasteiger partial charge is 0.494 e. The second kappa shape index (κ2) is 11.1. The molecule has 0 saturated heterocycles. The molecule has 1 amide bonds. The molecule has 0 unspecified atom stereocenters. The van der Waals surface area contributed by atoms with Gasteiger partial charge in [0, 0.05) is 29.5 Å². The number of nitrogens with zero attached hydrogens (tertiary/aromatic N) is 2. The molecule has 5 nitrogen and oxygen atoms in total. The second-order valence-electron chi connectivity index (χ2n) is 8.05. The molecule has 0 aliphatic rings. The first kappa shape index (κ1) is 23.1. The third-order valence-electron chi connectivity index (χ3n) is 5.54. The van der Waals surface area contributed by atoms with Crippen LogP contribution < -0.4 is 10.1 Å². The third-order valence-corrected chi connectivity index (χ3v) is 6.07. The first-order chi connectivity index (χ1) is 16.1. The van der Waals surface area contributed by atoms with Crippen LogP contribution in [0.1, 0.15) is 34.6 Å². The van der Waals surface area contributed by atoms with Crippen LogP contribution in [0.2, 0.25) is 0 Å². The van der Waals surface area contributed by atoms with E-state index in [9.17, 15) is 4.79 Å². The molecule has 0 aliphatic carbocycles. The summed E-state index contributed by atoms with van der Waals surface area (Å²) in [6.45, 7) is 4.17. The summed E-state index contributed by atoms with van der Waals surface area (Å²) in [5.74, 6) is 1.83. The van der Waals surface area contributed by atoms with Gasteiger partial charge in [0.1, 0.15) is 11.6 Å². The van der Waals surface area contributed by atoms with Crippen molar-refractivity contribution in [2.45, 2.75) is 32.7 Å². The molecule has 33 heavy (non-hydrogen) atoms. The van der Waals surface area contributed by atoms with Gasteiger partial charge in [0.25, 0.3) is 5.91 Å². The molecule has 0 fully saturated rings. The first-order valence-corrected chi connectivity index (χ1v) is 12.1. The van der Waals surface area contributed by atoms with Gasteiger partial charge in [-0.1, -0.05) is 45.8 Å². The van der Waals surface area contributed by atoms with Crippen molar-refractivity contribution < 1.29 is 9.53 Å². The third kappa shape index (κ3) is 6.23. The van der Waals surface area contributed by atoms with Crippen LogP contribution in [0.15, 0.2) is 77.3 Å². The van der Waals surface area contributed by atoms with E-state index in [1.54, 1.807) is 0 Å². The van der Waals surface area contributed by atoms with Gasteiger partial charge in [-0.25, -0.2) is 4.98 Å². The molecule has 1 N–H and O–H groups in total. The highest BCUT2D eigenvalue weighted by atomic mass is 79.9. The van der Waals surface area contributed by atoms with E-state index in [2.05, 4.69) is 50.9 Å². The fourth-order valence-corrected chi connectivity index (χ4v) is 4.02. The van der Waals surface area contributed by atoms with Crippen LogP contribution in [-0.4, -0.2) is 28.6 Å². The molecule has 0 atom stereocenters. The Kier molecular flexibility index (Phi) is 7.79. The molecule has 0 saturated carbocycles. The molecule has 0 spiro atoms. The maximum atomic E-state index is 12.4. The number of aromatic nitrogens is 2. The summed E-state index contributed by atoms with van der Waals surface area (Å²) in [6.07, 6.45) is 2.63. The molecule has 0 aliphatic heterocycles. The molecule has 1 aromatic heterocycles. The summed E-state index contributed by atoms with van der Waals surface area (Å²) in [4.78, 5) is 17.2. The second-order valence-corrected chi connectivity index (χ2v) is 8.97. The number of carbonyl (C=O) groups is 1. The molecule has 3 aromatic carbocycles. The number of fused-ring (bicyclic) bond motifs is 1. The molecule has 4 aromatic rings. The van der Waals surface area contributed by atoms with Crippen LogP contribution in [0.3, 0.4) is 0 Å². The number of benzene rings is 3. The number of hydrogen-bond acceptors (Lipinski definition) is 3. The quantitative estimate of drug-likeness (QED) is 0.271. The highest BCUT2D eigenvalue weighted by Crippen LogP contribution is 2.18. The number of unbranched alkanes of at least 4 members (excludes halogenated alkanes) is 1. The van der Waals surface area contributed by atoms with Gasteiger partial charge in [-0.3, -0.25) is 4.79 Å². The molecule has 170 valence electrons. The van der Waals surface area contributed by atoms with Crippen molar-refractivity contribution in [3.05, 3.63) is 94.2 Å². The Balaban J connectivity index is 1.32. The van der Waals surface area contributed by atoms with E-state index in [-0.39, 0.29) is 5.91 Å². The number of amides is 1. The predicted molar refractivity (Wildman–Crippen MR) is 136 cm³/mol. The number of rotatable bonds is 10. The van der Waals surface area contributed by atoms with Crippen LogP contribution in [0.4, 0.5) is 0 Å². The molecule has 6 heteroatoms. The maximum Gasteiger partial charge on any atom is 0.251 e. The topological polar surface area (TPSA) is 56.1 Å². The van der Waals surface area contributed by atoms with Gasteiger partial charge in [-0.2, -0.15) is 0 Å². The van der Waals surface area contributed by atoms with Crippen LogP contribution in [-0.2, 0) is 13.0 Å². The van der Waals surface area contributed by atoms with Gasteiger partial charge in [-0.05, 0) is 68.3 Å². The number of ether oxygens (including phenoxy) is 1. The summed E-state index contributed by atoms with van der Waals surface area (Å²) in [5.41, 5.74) is 4.00. The van der Waals surface area contributed by atoms with E-state index in [1.807, 2.05) is 54.6 Å². The van der Waals surface area contributed by atoms with Gasteiger partial charge < -0.3 is 14.6 Å². The lowest BCUT2D eigenvalue weighted by Crippen LogP contribution is -2.26. The van der Waals surface area contributed by atoms with Gasteiger partial charge in [0.05, 0.1) is 17.6 Å². The molecule has 0 radical (unpaired) electrons. The number of para-hydroxylation sites is 2. The minimum absolute atomic E-state index is 0.0709. The van der Waals surface area contributed by atoms with Gasteiger partial charge in [-0.15, -0.1) is 0 Å². The normalized spacial score (nSPS) is 11.0. The first-order valence-electron chi connectivity index (χ1n) is 11.3. The number of nitrogens with one attached hydrogen (secondary N) is 1. The minimum Gasteiger partial charge on any atom is -0.494 e. The Bertz CT molecular complexity index is 1200. The summed E-state index contributed by atoms with van der Waals surface area (Å²) in [5, 5.41) is 3.01. The SMILES string of the molecule is Cc1ccc(OCCCCn2c(CCNC(=O)c3ccc(Br)cc3)nc3ccccc32)cc1. The zero-order chi connectivity index (χ0) is 23.0. The monoisotopic (exact) mass is 505 g/mol. The minimum atomic E-state index is -0.0709. The van der Waals surface area contributed by atoms with Crippen LogP contribution in [0, 0.1) is 6.92 Å². The number of carbonyl (C=O) groups excluding carboxylic acids is 1. The molecule has 0 bridgehead atoms. The van der Waals surface area contributed by atoms with Crippen LogP contribution >= 0.6 is 15.9 Å². The van der Waals surface area contributed by atoms with Crippen LogP contribution in [0.25, 0.3) is 11.0 Å². The molecular formula is C27H28BrN3O2. The van der Waals surface area contributed by atoms with Crippen LogP contribution in [0.5, 0.6) is 5.75 Å². The van der Waals surface area contributed by atoms with Crippen molar-refractivity contribution in [1.29, 1.82) is 0 Å². The summed E-state index contributed by atoms with van der Waals surface area (Å²) in [7, 11) is 0. The Morgan fingerprint density at radius 3 is 2.55 bits per heavy atom. The van der Waals surface area contributed by atoms with E-state index in [0.717, 1.165) is 46.5 Å². The van der Waals surface area contributed by atoms with E-state index < -0.39 is 0 Å². The Hall–Kier alpha value is -3.12. The Morgan fingerprint density at radius 1 is 1.00 bits per heavy atom. The highest BCUT2D eigenvalue weighted by molar-refractivity contribution is 9.10. The number of aryl methyl sites for hydroxylation is 2. The smallest absolute Gasteiger partial charge is 0.251 e. The van der Waals surface area contributed by atoms with Crippen molar-refractivity contribution in [1.82, 2.24) is 14.9 Å². The van der Waals surface area contributed by atoms with Crippen molar-refractivity contribution >= 4 is 32.9 Å². The van der Waals surface area contributed by atoms with Gasteiger partial charge in [0.15, 0.2) is 0 Å². The predicted octanol–water partition coefficient (Wildman–Crippen LogP) is 5.94. The summed E-state index contributed by atoms with van der Waals surface area (Å²) >= 11 is 3.40. The molecule has 1 heterocycles. The zero-order valence-electron chi connectivity index (χ0n) is 18.8. The van der Waals surface area contributed by atoms with E-state index in [4.69, 9.17) is 9.72 Å². The summed E-state index contributed by atoms with van der Waals surface area (Å²) < 4.78 is 9.09. The molecular weight excluding hydrogens is 478 g/mol. The van der Waals surface area contributed by atoms with Crippen molar-refractivity contribution in [2.24, 2.45) is 0 Å². The summed E-state index contributed by atoms with van der Waals surface area (Å²) in [6, 6.07) is 23.7. The fourth-order valence-electron chi connectivity index (χ4n) is 3.75. The maximum absolute atomic E-state index is 12.4. The van der Waals surface area contributed by atoms with Crippen molar-refractivity contribution in [3.8, 4) is 5.75 Å². The number of halogens is 1. The lowest BCUT2D eigenvalue weighted by Gasteiger charge is -2.11. The van der Waals surface area contributed by atoms with Crippen molar-refractivity contribution in [3.63, 3.8) is 0 Å². The zero-order valence-corrected chi connectivity index (χ0v) is 20.3. The van der Waals surface area contributed by atoms with E-state index >= 15 is 0 Å². The van der Waals surface area contributed by atoms with Crippen molar-refractivity contribution in [2.75, 3.05) is 13.2 Å². The Morgan fingerprint density at radius 2 is 1.76 bits per heavy atom. The number of imidazole rings is 1. The van der Waals surface area contributed by atoms with E-state index in [0.29, 0.717) is 25.1 Å². The fraction of sp³-hybridized carbons (Fsp3) is 0.259. The average molecular weight is 506 g/mol. The van der Waals surface area contributed by atoms with E-state index in [1.165, 1.54) is 5.56 Å². The van der Waals surface area contributed by atoms with Gasteiger partial charge in [0.2, 0.25) is 0 Å². The lowest BCUT2D eigenvalue weighted by molar-refractivity contribution is 0.0954. The standard InChI is InChI=1S/C27H28BrN3O2/c1-20-8-14-23(15-9-20)33-19-5-4-18-31-25-7-3-2-6-24(25)30-26(31)16-17-29-27(32)21-10-12-22(28)13-11-21/h2-3,6-15H,4-5,16-19H2,1H3,(H,29,32).